The monoisotopic (exact) mass is 479 g/mol. The van der Waals surface area contributed by atoms with Crippen molar-refractivity contribution in [3.8, 4) is 0 Å². The molecule has 2 aliphatic heterocycles. The highest BCUT2D eigenvalue weighted by Crippen LogP contribution is 2.37. The summed E-state index contributed by atoms with van der Waals surface area (Å²) in [6.07, 6.45) is 4.07. The van der Waals surface area contributed by atoms with Crippen molar-refractivity contribution < 1.29 is 9.59 Å². The number of benzene rings is 2. The second kappa shape index (κ2) is 9.78. The van der Waals surface area contributed by atoms with Gasteiger partial charge in [-0.2, -0.15) is 0 Å². The van der Waals surface area contributed by atoms with Crippen LogP contribution in [0.2, 0.25) is 15.1 Å². The normalized spacial score (nSPS) is 22.9. The molecule has 0 aromatic heterocycles. The van der Waals surface area contributed by atoms with Crippen molar-refractivity contribution in [2.75, 3.05) is 6.54 Å². The maximum Gasteiger partial charge on any atom is 0.251 e. The largest absolute Gasteiger partial charge is 0.352 e. The Morgan fingerprint density at radius 1 is 0.968 bits per heavy atom. The van der Waals surface area contributed by atoms with Gasteiger partial charge in [-0.05, 0) is 61.6 Å². The van der Waals surface area contributed by atoms with Crippen LogP contribution in [0.3, 0.4) is 0 Å². The van der Waals surface area contributed by atoms with Crippen molar-refractivity contribution in [2.45, 2.75) is 50.4 Å². The van der Waals surface area contributed by atoms with Gasteiger partial charge in [-0.3, -0.25) is 14.5 Å². The van der Waals surface area contributed by atoms with Gasteiger partial charge in [0.05, 0.1) is 16.6 Å². The van der Waals surface area contributed by atoms with E-state index in [0.717, 1.165) is 37.8 Å². The number of carbonyl (C=O) groups is 2. The molecule has 2 aromatic rings. The highest BCUT2D eigenvalue weighted by molar-refractivity contribution is 6.42. The lowest BCUT2D eigenvalue weighted by Gasteiger charge is -2.39. The average Bonchev–Trinajstić information content (AvgIpc) is 2.96. The summed E-state index contributed by atoms with van der Waals surface area (Å²) in [5, 5.41) is 7.39. The molecule has 0 spiro atoms. The first-order valence-corrected chi connectivity index (χ1v) is 11.5. The molecule has 0 radical (unpaired) electrons. The highest BCUT2D eigenvalue weighted by atomic mass is 35.5. The van der Waals surface area contributed by atoms with Gasteiger partial charge in [0.2, 0.25) is 5.91 Å². The van der Waals surface area contributed by atoms with Crippen LogP contribution in [0, 0.1) is 0 Å². The summed E-state index contributed by atoms with van der Waals surface area (Å²) >= 11 is 18.1. The number of piperidine rings is 1. The zero-order valence-electron chi connectivity index (χ0n) is 16.9. The number of hydrogen-bond donors (Lipinski definition) is 2. The minimum absolute atomic E-state index is 0.0514. The summed E-state index contributed by atoms with van der Waals surface area (Å²) in [7, 11) is 0. The van der Waals surface area contributed by atoms with Crippen molar-refractivity contribution in [1.29, 1.82) is 0 Å². The number of amides is 2. The smallest absolute Gasteiger partial charge is 0.251 e. The zero-order valence-corrected chi connectivity index (χ0v) is 19.2. The summed E-state index contributed by atoms with van der Waals surface area (Å²) < 4.78 is 0. The quantitative estimate of drug-likeness (QED) is 0.631. The molecular weight excluding hydrogens is 457 g/mol. The molecule has 2 amide bonds. The van der Waals surface area contributed by atoms with Gasteiger partial charge in [-0.1, -0.05) is 46.9 Å². The molecule has 5 nitrogen and oxygen atoms in total. The van der Waals surface area contributed by atoms with E-state index < -0.39 is 0 Å². The third-order valence-electron chi connectivity index (χ3n) is 6.09. The molecule has 0 saturated carbocycles. The molecule has 2 N–H and O–H groups in total. The van der Waals surface area contributed by atoms with Gasteiger partial charge >= 0.3 is 0 Å². The Morgan fingerprint density at radius 3 is 2.39 bits per heavy atom. The summed E-state index contributed by atoms with van der Waals surface area (Å²) in [5.74, 6) is -0.480. The van der Waals surface area contributed by atoms with Gasteiger partial charge in [-0.25, -0.2) is 0 Å². The topological polar surface area (TPSA) is 61.4 Å². The van der Waals surface area contributed by atoms with E-state index in [2.05, 4.69) is 15.5 Å². The van der Waals surface area contributed by atoms with Gasteiger partial charge in [0.25, 0.3) is 5.91 Å². The first kappa shape index (κ1) is 22.4. The zero-order chi connectivity index (χ0) is 22.0. The van der Waals surface area contributed by atoms with Crippen LogP contribution in [-0.4, -0.2) is 41.4 Å². The predicted molar refractivity (Wildman–Crippen MR) is 124 cm³/mol. The first-order valence-electron chi connectivity index (χ1n) is 10.4. The van der Waals surface area contributed by atoms with Gasteiger partial charge in [0.1, 0.15) is 0 Å². The van der Waals surface area contributed by atoms with Crippen LogP contribution in [0.5, 0.6) is 0 Å². The van der Waals surface area contributed by atoms with Crippen LogP contribution in [0.1, 0.15) is 41.6 Å². The van der Waals surface area contributed by atoms with E-state index in [1.54, 1.807) is 24.3 Å². The molecule has 0 unspecified atom stereocenters. The lowest BCUT2D eigenvalue weighted by Crippen LogP contribution is -2.51. The molecule has 2 fully saturated rings. The fourth-order valence-corrected chi connectivity index (χ4v) is 5.18. The van der Waals surface area contributed by atoms with Crippen LogP contribution >= 0.6 is 34.8 Å². The molecular formula is C23H24Cl3N3O2. The Hall–Kier alpha value is -1.79. The van der Waals surface area contributed by atoms with E-state index in [0.29, 0.717) is 32.7 Å². The Bertz CT molecular complexity index is 970. The van der Waals surface area contributed by atoms with Crippen molar-refractivity contribution in [1.82, 2.24) is 15.5 Å². The summed E-state index contributed by atoms with van der Waals surface area (Å²) in [6, 6.07) is 13.4. The SMILES string of the molecule is O=C(CNC(=O)c1cccc(Cl)c1)N[C@H]1C[C@H]2CC[C@@H](C1)N2Cc1ccc(Cl)c(Cl)c1. The Kier molecular flexibility index (Phi) is 7.07. The molecule has 8 heteroatoms. The van der Waals surface area contributed by atoms with Crippen LogP contribution < -0.4 is 10.6 Å². The Morgan fingerprint density at radius 2 is 1.71 bits per heavy atom. The van der Waals surface area contributed by atoms with Gasteiger partial charge in [-0.15, -0.1) is 0 Å². The third kappa shape index (κ3) is 5.53. The predicted octanol–water partition coefficient (Wildman–Crippen LogP) is 4.69. The van der Waals surface area contributed by atoms with Crippen molar-refractivity contribution in [3.63, 3.8) is 0 Å². The van der Waals surface area contributed by atoms with Gasteiger partial charge < -0.3 is 10.6 Å². The molecule has 2 aromatic carbocycles. The molecule has 4 rings (SSSR count). The molecule has 3 atom stereocenters. The van der Waals surface area contributed by atoms with E-state index >= 15 is 0 Å². The summed E-state index contributed by atoms with van der Waals surface area (Å²) in [6.45, 7) is 0.784. The molecule has 2 saturated heterocycles. The fraction of sp³-hybridized carbons (Fsp3) is 0.391. The molecule has 164 valence electrons. The van der Waals surface area contributed by atoms with E-state index in [1.807, 2.05) is 18.2 Å². The molecule has 31 heavy (non-hydrogen) atoms. The van der Waals surface area contributed by atoms with Gasteiger partial charge in [0, 0.05) is 35.3 Å². The third-order valence-corrected chi connectivity index (χ3v) is 7.07. The van der Waals surface area contributed by atoms with E-state index in [9.17, 15) is 9.59 Å². The number of halogens is 3. The maximum atomic E-state index is 12.4. The Labute approximate surface area is 197 Å². The van der Waals surface area contributed by atoms with Crippen LogP contribution in [0.15, 0.2) is 42.5 Å². The minimum atomic E-state index is -0.311. The van der Waals surface area contributed by atoms with Crippen LogP contribution in [0.4, 0.5) is 0 Å². The molecule has 2 aliphatic rings. The summed E-state index contributed by atoms with van der Waals surface area (Å²) in [4.78, 5) is 27.1. The number of fused-ring (bicyclic) bond motifs is 2. The molecule has 2 bridgehead atoms. The standard InChI is InChI=1S/C23H24Cl3N3O2/c24-16-3-1-2-15(9-16)23(31)27-12-22(30)28-17-10-18-5-6-19(11-17)29(18)13-14-4-7-20(25)21(26)8-14/h1-4,7-9,17-19H,5-6,10-13H2,(H,27,31)(H,28,30)/t17-,18+,19-. The van der Waals surface area contributed by atoms with Gasteiger partial charge in [0.15, 0.2) is 0 Å². The van der Waals surface area contributed by atoms with Crippen molar-refractivity contribution in [3.05, 3.63) is 68.7 Å². The number of nitrogens with zero attached hydrogens (tertiary/aromatic N) is 1. The van der Waals surface area contributed by atoms with Crippen LogP contribution in [-0.2, 0) is 11.3 Å². The summed E-state index contributed by atoms with van der Waals surface area (Å²) in [5.41, 5.74) is 1.59. The van der Waals surface area contributed by atoms with E-state index in [-0.39, 0.29) is 24.4 Å². The first-order chi connectivity index (χ1) is 14.9. The number of rotatable bonds is 6. The molecule has 2 heterocycles. The van der Waals surface area contributed by atoms with E-state index in [4.69, 9.17) is 34.8 Å². The van der Waals surface area contributed by atoms with Crippen molar-refractivity contribution in [2.24, 2.45) is 0 Å². The van der Waals surface area contributed by atoms with Crippen molar-refractivity contribution >= 4 is 46.6 Å². The highest BCUT2D eigenvalue weighted by Gasteiger charge is 2.40. The second-order valence-electron chi connectivity index (χ2n) is 8.23. The molecule has 0 aliphatic carbocycles. The number of hydrogen-bond acceptors (Lipinski definition) is 3. The average molecular weight is 481 g/mol. The lowest BCUT2D eigenvalue weighted by atomic mass is 9.96. The van der Waals surface area contributed by atoms with E-state index in [1.165, 1.54) is 0 Å². The van der Waals surface area contributed by atoms with Crippen LogP contribution in [0.25, 0.3) is 0 Å². The number of carbonyl (C=O) groups excluding carboxylic acids is 2. The lowest BCUT2D eigenvalue weighted by molar-refractivity contribution is -0.121. The maximum absolute atomic E-state index is 12.4. The number of nitrogens with one attached hydrogen (secondary N) is 2. The fourth-order valence-electron chi connectivity index (χ4n) is 4.67. The minimum Gasteiger partial charge on any atom is -0.352 e. The Balaban J connectivity index is 1.27. The second-order valence-corrected chi connectivity index (χ2v) is 9.49.